The Labute approximate surface area is 278 Å². The Morgan fingerprint density at radius 3 is 2.31 bits per heavy atom. The fourth-order valence-corrected chi connectivity index (χ4v) is 11.6. The van der Waals surface area contributed by atoms with Gasteiger partial charge in [0.1, 0.15) is 17.8 Å². The Balaban J connectivity index is 1.42. The summed E-state index contributed by atoms with van der Waals surface area (Å²) in [5, 5.41) is 36.6. The predicted octanol–water partition coefficient (Wildman–Crippen LogP) is 2.03. The molecule has 6 aliphatic rings. The van der Waals surface area contributed by atoms with Crippen molar-refractivity contribution in [3.8, 4) is 0 Å². The van der Waals surface area contributed by atoms with Crippen LogP contribution in [0.3, 0.4) is 0 Å². The number of aliphatic hydroxyl groups excluding tert-OH is 3. The van der Waals surface area contributed by atoms with Crippen LogP contribution in [0.4, 0.5) is 0 Å². The second kappa shape index (κ2) is 10.6. The molecule has 48 heavy (non-hydrogen) atoms. The highest BCUT2D eigenvalue weighted by Crippen LogP contribution is 2.83. The minimum absolute atomic E-state index is 0.0262. The summed E-state index contributed by atoms with van der Waals surface area (Å²) in [4.78, 5) is 53.7. The molecule has 1 aromatic heterocycles. The van der Waals surface area contributed by atoms with E-state index in [-0.39, 0.29) is 18.9 Å². The minimum Gasteiger partial charge on any atom is -0.472 e. The number of esters is 3. The van der Waals surface area contributed by atoms with E-state index in [1.165, 1.54) is 13.2 Å². The molecule has 13 heteroatoms. The first kappa shape index (κ1) is 33.6. The predicted molar refractivity (Wildman–Crippen MR) is 161 cm³/mol. The van der Waals surface area contributed by atoms with E-state index in [4.69, 9.17) is 28.1 Å². The van der Waals surface area contributed by atoms with E-state index in [1.54, 1.807) is 27.0 Å². The molecule has 3 N–H and O–H groups in total. The lowest BCUT2D eigenvalue weighted by Crippen LogP contribution is -2.84. The van der Waals surface area contributed by atoms with Crippen molar-refractivity contribution in [3.05, 3.63) is 24.2 Å². The van der Waals surface area contributed by atoms with Gasteiger partial charge in [-0.3, -0.25) is 19.2 Å². The maximum Gasteiger partial charge on any atom is 0.310 e. The molecule has 3 heterocycles. The monoisotopic (exact) mass is 674 g/mol. The van der Waals surface area contributed by atoms with Gasteiger partial charge in [-0.15, -0.1) is 0 Å². The zero-order valence-corrected chi connectivity index (χ0v) is 28.3. The zero-order chi connectivity index (χ0) is 34.9. The van der Waals surface area contributed by atoms with Gasteiger partial charge in [-0.05, 0) is 43.7 Å². The summed E-state index contributed by atoms with van der Waals surface area (Å²) in [6, 6.07) is 1.81. The molecule has 16 atom stereocenters. The number of furan rings is 1. The summed E-state index contributed by atoms with van der Waals surface area (Å²) in [6.45, 7) is 10.9. The van der Waals surface area contributed by atoms with E-state index in [1.807, 2.05) is 19.9 Å². The number of rotatable bonds is 6. The van der Waals surface area contributed by atoms with Gasteiger partial charge >= 0.3 is 17.9 Å². The molecule has 1 aromatic rings. The zero-order valence-electron chi connectivity index (χ0n) is 28.3. The van der Waals surface area contributed by atoms with Crippen molar-refractivity contribution in [2.24, 2.45) is 39.4 Å². The molecule has 4 saturated carbocycles. The van der Waals surface area contributed by atoms with Gasteiger partial charge in [0.25, 0.3) is 0 Å². The molecule has 0 aromatic carbocycles. The van der Waals surface area contributed by atoms with Crippen molar-refractivity contribution in [1.82, 2.24) is 0 Å². The summed E-state index contributed by atoms with van der Waals surface area (Å²) in [6.07, 6.45) is -5.16. The Hall–Kier alpha value is -2.84. The summed E-state index contributed by atoms with van der Waals surface area (Å²) in [5.41, 5.74) is -6.03. The molecule has 1 unspecified atom stereocenters. The first-order valence-electron chi connectivity index (χ1n) is 16.9. The molecule has 264 valence electrons. The van der Waals surface area contributed by atoms with Crippen molar-refractivity contribution >= 4 is 23.7 Å². The summed E-state index contributed by atoms with van der Waals surface area (Å²) in [7, 11) is 0. The number of hydrogen-bond donors (Lipinski definition) is 3. The number of carbonyl (C=O) groups is 4. The van der Waals surface area contributed by atoms with Gasteiger partial charge in [0.05, 0.1) is 54.2 Å². The van der Waals surface area contributed by atoms with E-state index in [9.17, 15) is 29.7 Å². The summed E-state index contributed by atoms with van der Waals surface area (Å²) < 4.78 is 36.0. The third kappa shape index (κ3) is 3.74. The molecular weight excluding hydrogens is 628 g/mol. The summed E-state index contributed by atoms with van der Waals surface area (Å²) >= 11 is 0. The van der Waals surface area contributed by atoms with Crippen LogP contribution in [-0.2, 0) is 42.9 Å². The molecule has 7 rings (SSSR count). The van der Waals surface area contributed by atoms with Gasteiger partial charge in [0, 0.05) is 36.5 Å². The molecule has 13 nitrogen and oxygen atoms in total. The van der Waals surface area contributed by atoms with Crippen LogP contribution < -0.4 is 0 Å². The van der Waals surface area contributed by atoms with Gasteiger partial charge in [0.15, 0.2) is 11.9 Å². The number of aliphatic hydroxyl groups is 3. The van der Waals surface area contributed by atoms with Crippen molar-refractivity contribution in [3.63, 3.8) is 0 Å². The lowest BCUT2D eigenvalue weighted by atomic mass is 9.33. The highest BCUT2D eigenvalue weighted by molar-refractivity contribution is 5.93. The highest BCUT2D eigenvalue weighted by Gasteiger charge is 2.93. The number of fused-ring (bicyclic) bond motifs is 1. The van der Waals surface area contributed by atoms with Crippen molar-refractivity contribution in [2.75, 3.05) is 6.61 Å². The maximum absolute atomic E-state index is 15.3. The standard InChI is InChI=1S/C35H46O13/c1-8-15(2)29(42)47-30-31(5)20-12-21(38)33(7)25(34(20,14-44-30)26(41)24(40)27(31)45-16(3)36)23(39)28(46-17(4)37)32(6)19(18-9-10-43-13-18)11-22-35(32,33)48-22/h9-10,13,15,19-22,24-28,30,38,40-41H,8,11-12,14H2,1-7H3/t15-,19+,20+,21-,22-,24-,25?,26+,27-,28+,30-,31-,32-,33-,34+,35-/m1/s1. The first-order chi connectivity index (χ1) is 22.5. The van der Waals surface area contributed by atoms with Crippen LogP contribution in [0.2, 0.25) is 0 Å². The van der Waals surface area contributed by atoms with Crippen LogP contribution in [0, 0.1) is 39.4 Å². The van der Waals surface area contributed by atoms with Gasteiger partial charge < -0.3 is 43.4 Å². The van der Waals surface area contributed by atoms with E-state index in [2.05, 4.69) is 0 Å². The number of Topliss-reactive ketones (excluding diaryl/α,β-unsaturated/α-hetero) is 1. The topological polar surface area (TPSA) is 192 Å². The third-order valence-electron chi connectivity index (χ3n) is 13.8. The van der Waals surface area contributed by atoms with Crippen LogP contribution in [0.25, 0.3) is 0 Å². The fourth-order valence-electron chi connectivity index (χ4n) is 11.6. The van der Waals surface area contributed by atoms with E-state index < -0.39 is 112 Å². The third-order valence-corrected chi connectivity index (χ3v) is 13.8. The number of hydrogen-bond acceptors (Lipinski definition) is 13. The lowest BCUT2D eigenvalue weighted by molar-refractivity contribution is -0.391. The molecule has 0 radical (unpaired) electrons. The number of ketones is 1. The minimum atomic E-state index is -1.73. The van der Waals surface area contributed by atoms with Crippen molar-refractivity contribution in [2.45, 2.75) is 122 Å². The fraction of sp³-hybridized carbons (Fsp3) is 0.771. The molecule has 2 saturated heterocycles. The van der Waals surface area contributed by atoms with Gasteiger partial charge in [-0.2, -0.15) is 0 Å². The SMILES string of the molecule is CC[C@@H](C)C(=O)O[C@H]1OC[C@@]23C4C(=O)[C@H](OC(C)=O)[C@@]5(C)[C@H](c6ccoc6)C[C@H]6O[C@]65[C@]4(C)[C@H](O)C[C@H]2[C@]1(C)[C@H](OC(C)=O)[C@H](O)[C@@H]3O. The first-order valence-corrected chi connectivity index (χ1v) is 16.9. The quantitative estimate of drug-likeness (QED) is 0.226. The number of carbonyl (C=O) groups excluding carboxylic acids is 4. The number of epoxide rings is 1. The Morgan fingerprint density at radius 1 is 1.02 bits per heavy atom. The molecule has 2 bridgehead atoms. The smallest absolute Gasteiger partial charge is 0.310 e. The Kier molecular flexibility index (Phi) is 7.42. The van der Waals surface area contributed by atoms with Gasteiger partial charge in [-0.25, -0.2) is 0 Å². The average molecular weight is 675 g/mol. The van der Waals surface area contributed by atoms with Crippen LogP contribution in [-0.4, -0.2) is 94.1 Å². The van der Waals surface area contributed by atoms with Crippen LogP contribution in [0.5, 0.6) is 0 Å². The molecule has 6 fully saturated rings. The number of ether oxygens (including phenoxy) is 5. The molecule has 1 spiro atoms. The Bertz CT molecular complexity index is 1530. The van der Waals surface area contributed by atoms with Crippen molar-refractivity contribution in [1.29, 1.82) is 0 Å². The van der Waals surface area contributed by atoms with E-state index in [0.29, 0.717) is 12.8 Å². The maximum atomic E-state index is 15.3. The molecule has 4 aliphatic carbocycles. The second-order valence-corrected chi connectivity index (χ2v) is 15.7. The van der Waals surface area contributed by atoms with Crippen molar-refractivity contribution < 1.29 is 62.6 Å². The Morgan fingerprint density at radius 2 is 1.71 bits per heavy atom. The van der Waals surface area contributed by atoms with Crippen LogP contribution in [0.1, 0.15) is 79.2 Å². The molecule has 2 aliphatic heterocycles. The van der Waals surface area contributed by atoms with E-state index in [0.717, 1.165) is 12.5 Å². The largest absolute Gasteiger partial charge is 0.472 e. The average Bonchev–Trinajstić information content (AvgIpc) is 3.39. The highest BCUT2D eigenvalue weighted by atomic mass is 16.7. The van der Waals surface area contributed by atoms with Gasteiger partial charge in [0.2, 0.25) is 6.29 Å². The van der Waals surface area contributed by atoms with E-state index >= 15 is 4.79 Å². The molecular formula is C35H46O13. The van der Waals surface area contributed by atoms with Crippen LogP contribution >= 0.6 is 0 Å². The van der Waals surface area contributed by atoms with Gasteiger partial charge in [-0.1, -0.05) is 27.7 Å². The normalized spacial score (nSPS) is 50.6. The molecule has 0 amide bonds. The second-order valence-electron chi connectivity index (χ2n) is 15.7. The lowest BCUT2D eigenvalue weighted by Gasteiger charge is -2.73. The van der Waals surface area contributed by atoms with Crippen LogP contribution in [0.15, 0.2) is 23.0 Å². The summed E-state index contributed by atoms with van der Waals surface area (Å²) in [5.74, 6) is -5.51.